The van der Waals surface area contributed by atoms with Crippen molar-refractivity contribution in [2.45, 2.75) is 50.2 Å². The van der Waals surface area contributed by atoms with Crippen molar-refractivity contribution in [1.29, 1.82) is 0 Å². The number of aliphatic hydroxyl groups is 1. The van der Waals surface area contributed by atoms with E-state index in [0.29, 0.717) is 25.0 Å². The quantitative estimate of drug-likeness (QED) is 0.394. The van der Waals surface area contributed by atoms with Gasteiger partial charge in [0.1, 0.15) is 23.8 Å². The summed E-state index contributed by atoms with van der Waals surface area (Å²) in [6, 6.07) is 15.3. The molecule has 6 atom stereocenters. The van der Waals surface area contributed by atoms with E-state index in [2.05, 4.69) is 10.3 Å². The molecule has 2 aromatic carbocycles. The van der Waals surface area contributed by atoms with Crippen LogP contribution in [0.2, 0.25) is 0 Å². The predicted molar refractivity (Wildman–Crippen MR) is 161 cm³/mol. The summed E-state index contributed by atoms with van der Waals surface area (Å²) in [4.78, 5) is 48.4. The molecule has 11 heteroatoms. The van der Waals surface area contributed by atoms with Gasteiger partial charge in [0.25, 0.3) is 5.91 Å². The number of benzene rings is 2. The molecule has 1 unspecified atom stereocenters. The molecule has 2 saturated heterocycles. The van der Waals surface area contributed by atoms with Crippen LogP contribution in [0.25, 0.3) is 11.0 Å². The number of likely N-dealkylation sites (tertiary alicyclic amines) is 1. The Morgan fingerprint density at radius 1 is 0.977 bits per heavy atom. The molecule has 5 heterocycles. The smallest absolute Gasteiger partial charge is 0.250 e. The molecule has 0 saturated carbocycles. The molecule has 4 aliphatic heterocycles. The summed E-state index contributed by atoms with van der Waals surface area (Å²) < 4.78 is 8.43. The normalized spacial score (nSPS) is 28.7. The van der Waals surface area contributed by atoms with Gasteiger partial charge in [-0.3, -0.25) is 14.4 Å². The molecule has 0 radical (unpaired) electrons. The molecule has 0 bridgehead atoms. The molecule has 11 nitrogen and oxygen atoms in total. The van der Waals surface area contributed by atoms with E-state index in [4.69, 9.17) is 4.74 Å². The number of ether oxygens (including phenoxy) is 1. The van der Waals surface area contributed by atoms with Crippen LogP contribution in [0.5, 0.6) is 0 Å². The van der Waals surface area contributed by atoms with Gasteiger partial charge >= 0.3 is 0 Å². The molecule has 4 aliphatic rings. The maximum Gasteiger partial charge on any atom is 0.250 e. The van der Waals surface area contributed by atoms with E-state index in [-0.39, 0.29) is 37.5 Å². The van der Waals surface area contributed by atoms with Crippen LogP contribution < -0.4 is 0 Å². The Bertz CT molecular complexity index is 1640. The highest BCUT2D eigenvalue weighted by Gasteiger charge is 2.72. The van der Waals surface area contributed by atoms with Crippen LogP contribution in [0, 0.1) is 11.8 Å². The zero-order valence-corrected chi connectivity index (χ0v) is 24.6. The molecule has 228 valence electrons. The number of carbonyl (C=O) groups is 3. The number of carbonyl (C=O) groups excluding carboxylic acids is 3. The molecule has 1 aromatic heterocycles. The average molecular weight is 597 g/mol. The third kappa shape index (κ3) is 4.45. The summed E-state index contributed by atoms with van der Waals surface area (Å²) in [6.07, 6.45) is 7.96. The molecule has 3 amide bonds. The maximum atomic E-state index is 14.7. The fourth-order valence-corrected chi connectivity index (χ4v) is 7.49. The zero-order valence-electron chi connectivity index (χ0n) is 24.6. The van der Waals surface area contributed by atoms with Gasteiger partial charge in [-0.1, -0.05) is 78.9 Å². The number of aliphatic hydroxyl groups excluding tert-OH is 1. The number of amides is 3. The minimum atomic E-state index is -1.37. The predicted octanol–water partition coefficient (Wildman–Crippen LogP) is 1.78. The highest BCUT2D eigenvalue weighted by atomic mass is 16.5. The summed E-state index contributed by atoms with van der Waals surface area (Å²) in [5, 5.41) is 19.2. The van der Waals surface area contributed by atoms with Gasteiger partial charge in [-0.2, -0.15) is 0 Å². The van der Waals surface area contributed by atoms with Gasteiger partial charge in [0, 0.05) is 19.6 Å². The van der Waals surface area contributed by atoms with Gasteiger partial charge in [-0.25, -0.2) is 4.68 Å². The standard InChI is InChI=1S/C33H36N6O5/c1-2-16-36-17-8-14-26-27(30(36)41)28-31(42)39(23(20-40)19-22-10-4-3-5-11-22)29-32(43)37(18-9-15-33(28,29)44-26)21-38-25-13-7-6-12-24(25)34-35-38/h3-15,23,26-29,40H,2,16-21H2,1H3/t23-,26+,27-,28+,29?,33+/m1/s1. The van der Waals surface area contributed by atoms with Crippen molar-refractivity contribution in [3.63, 3.8) is 0 Å². The van der Waals surface area contributed by atoms with Crippen molar-refractivity contribution < 1.29 is 24.2 Å². The first-order valence-electron chi connectivity index (χ1n) is 15.3. The maximum absolute atomic E-state index is 14.7. The summed E-state index contributed by atoms with van der Waals surface area (Å²) in [5.74, 6) is -2.50. The van der Waals surface area contributed by atoms with E-state index in [1.54, 1.807) is 14.5 Å². The number of aromatic nitrogens is 3. The highest BCUT2D eigenvalue weighted by molar-refractivity contribution is 6.00. The average Bonchev–Trinajstić information content (AvgIpc) is 3.60. The lowest BCUT2D eigenvalue weighted by Crippen LogP contribution is -2.58. The van der Waals surface area contributed by atoms with E-state index in [1.165, 1.54) is 4.90 Å². The lowest BCUT2D eigenvalue weighted by molar-refractivity contribution is -0.152. The molecule has 0 aliphatic carbocycles. The van der Waals surface area contributed by atoms with Crippen LogP contribution in [0.4, 0.5) is 0 Å². The summed E-state index contributed by atoms with van der Waals surface area (Å²) in [6.45, 7) is 3.04. The Morgan fingerprint density at radius 2 is 1.75 bits per heavy atom. The molecule has 3 aromatic rings. The van der Waals surface area contributed by atoms with Gasteiger partial charge in [0.05, 0.1) is 36.1 Å². The van der Waals surface area contributed by atoms with Crippen LogP contribution in [-0.4, -0.2) is 103 Å². The van der Waals surface area contributed by atoms with Crippen molar-refractivity contribution >= 4 is 28.8 Å². The highest BCUT2D eigenvalue weighted by Crippen LogP contribution is 2.54. The Morgan fingerprint density at radius 3 is 2.55 bits per heavy atom. The van der Waals surface area contributed by atoms with E-state index in [1.807, 2.05) is 85.8 Å². The SMILES string of the molecule is CCCN1CC=C[C@@H]2O[C@]34C=CCN(Cn5nnc6ccccc65)C(=O)C3N([C@@H](CO)Cc3ccccc3)C(=O)[C@@H]4[C@@H]2C1=O. The van der Waals surface area contributed by atoms with Gasteiger partial charge < -0.3 is 24.5 Å². The van der Waals surface area contributed by atoms with Crippen molar-refractivity contribution in [3.05, 3.63) is 84.5 Å². The van der Waals surface area contributed by atoms with Crippen LogP contribution in [0.1, 0.15) is 18.9 Å². The minimum Gasteiger partial charge on any atom is -0.394 e. The van der Waals surface area contributed by atoms with Gasteiger partial charge in [-0.05, 0) is 30.5 Å². The molecule has 7 rings (SSSR count). The summed E-state index contributed by atoms with van der Waals surface area (Å²) in [5.41, 5.74) is 1.05. The van der Waals surface area contributed by atoms with Crippen LogP contribution in [-0.2, 0) is 32.2 Å². The first-order chi connectivity index (χ1) is 21.5. The van der Waals surface area contributed by atoms with Gasteiger partial charge in [-0.15, -0.1) is 5.10 Å². The van der Waals surface area contributed by atoms with Crippen molar-refractivity contribution in [2.75, 3.05) is 26.2 Å². The molecule has 1 spiro atoms. The number of para-hydroxylation sites is 1. The number of hydrogen-bond acceptors (Lipinski definition) is 7. The van der Waals surface area contributed by atoms with E-state index < -0.39 is 35.6 Å². The fourth-order valence-electron chi connectivity index (χ4n) is 7.49. The zero-order chi connectivity index (χ0) is 30.4. The third-order valence-electron chi connectivity index (χ3n) is 9.40. The van der Waals surface area contributed by atoms with Crippen LogP contribution in [0.3, 0.4) is 0 Å². The largest absolute Gasteiger partial charge is 0.394 e. The first-order valence-corrected chi connectivity index (χ1v) is 15.3. The molecular formula is C33H36N6O5. The topological polar surface area (TPSA) is 121 Å². The van der Waals surface area contributed by atoms with Crippen molar-refractivity contribution in [1.82, 2.24) is 29.7 Å². The number of fused-ring (bicyclic) bond motifs is 3. The second-order valence-electron chi connectivity index (χ2n) is 12.0. The molecule has 1 N–H and O–H groups in total. The number of rotatable bonds is 8. The molecule has 2 fully saturated rings. The first kappa shape index (κ1) is 28.4. The van der Waals surface area contributed by atoms with Crippen molar-refractivity contribution in [2.24, 2.45) is 11.8 Å². The van der Waals surface area contributed by atoms with Crippen LogP contribution >= 0.6 is 0 Å². The Kier molecular flexibility index (Phi) is 7.30. The Labute approximate surface area is 255 Å². The summed E-state index contributed by atoms with van der Waals surface area (Å²) >= 11 is 0. The molecular weight excluding hydrogens is 560 g/mol. The lowest BCUT2D eigenvalue weighted by Gasteiger charge is -2.38. The van der Waals surface area contributed by atoms with Gasteiger partial charge in [0.2, 0.25) is 11.8 Å². The lowest BCUT2D eigenvalue weighted by atomic mass is 9.77. The van der Waals surface area contributed by atoms with E-state index in [0.717, 1.165) is 17.5 Å². The van der Waals surface area contributed by atoms with E-state index >= 15 is 0 Å². The Hall–Kier alpha value is -4.35. The second-order valence-corrected chi connectivity index (χ2v) is 12.0. The minimum absolute atomic E-state index is 0.113. The van der Waals surface area contributed by atoms with E-state index in [9.17, 15) is 19.5 Å². The van der Waals surface area contributed by atoms with Gasteiger partial charge in [0.15, 0.2) is 0 Å². The Balaban J connectivity index is 1.31. The second kappa shape index (κ2) is 11.3. The fraction of sp³-hybridized carbons (Fsp3) is 0.424. The number of nitrogens with zero attached hydrogens (tertiary/aromatic N) is 6. The number of hydrogen-bond donors (Lipinski definition) is 1. The monoisotopic (exact) mass is 596 g/mol. The van der Waals surface area contributed by atoms with Crippen molar-refractivity contribution in [3.8, 4) is 0 Å². The summed E-state index contributed by atoms with van der Waals surface area (Å²) in [7, 11) is 0. The third-order valence-corrected chi connectivity index (χ3v) is 9.40. The molecule has 44 heavy (non-hydrogen) atoms. The van der Waals surface area contributed by atoms with Crippen LogP contribution in [0.15, 0.2) is 78.9 Å².